The van der Waals surface area contributed by atoms with Gasteiger partial charge in [-0.15, -0.1) is 0 Å². The van der Waals surface area contributed by atoms with E-state index in [0.717, 1.165) is 12.8 Å². The third-order valence-corrected chi connectivity index (χ3v) is 4.47. The molecular weight excluding hydrogens is 286 g/mol. The van der Waals surface area contributed by atoms with Crippen LogP contribution in [0.5, 0.6) is 0 Å². The molecule has 0 unspecified atom stereocenters. The Morgan fingerprint density at radius 2 is 1.59 bits per heavy atom. The van der Waals surface area contributed by atoms with Crippen LogP contribution in [0.3, 0.4) is 0 Å². The first-order valence-corrected chi connectivity index (χ1v) is 7.86. The molecule has 124 valence electrons. The van der Waals surface area contributed by atoms with Gasteiger partial charge in [0.1, 0.15) is 0 Å². The van der Waals surface area contributed by atoms with Crippen molar-refractivity contribution in [2.45, 2.75) is 19.8 Å². The van der Waals surface area contributed by atoms with Crippen molar-refractivity contribution in [3.8, 4) is 0 Å². The van der Waals surface area contributed by atoms with Crippen molar-refractivity contribution in [2.75, 3.05) is 46.4 Å². The van der Waals surface area contributed by atoms with Crippen molar-refractivity contribution < 1.29 is 19.1 Å². The molecule has 1 atom stereocenters. The second kappa shape index (κ2) is 7.58. The third kappa shape index (κ3) is 3.97. The molecule has 2 aliphatic heterocycles. The highest BCUT2D eigenvalue weighted by Gasteiger charge is 2.33. The quantitative estimate of drug-likeness (QED) is 0.743. The Morgan fingerprint density at radius 1 is 1.00 bits per heavy atom. The van der Waals surface area contributed by atoms with Crippen LogP contribution in [-0.4, -0.2) is 74.0 Å². The number of amides is 3. The lowest BCUT2D eigenvalue weighted by atomic mass is 9.98. The zero-order chi connectivity index (χ0) is 16.1. The fourth-order valence-electron chi connectivity index (χ4n) is 3.07. The van der Waals surface area contributed by atoms with Crippen LogP contribution in [0.4, 0.5) is 0 Å². The molecule has 2 aliphatic rings. The van der Waals surface area contributed by atoms with Crippen LogP contribution in [0.25, 0.3) is 0 Å². The summed E-state index contributed by atoms with van der Waals surface area (Å²) in [5, 5.41) is 2.63. The Hall–Kier alpha value is -1.63. The van der Waals surface area contributed by atoms with Crippen LogP contribution in [-0.2, 0) is 19.1 Å². The van der Waals surface area contributed by atoms with E-state index in [0.29, 0.717) is 39.4 Å². The van der Waals surface area contributed by atoms with Gasteiger partial charge in [0.05, 0.1) is 5.92 Å². The molecule has 2 fully saturated rings. The summed E-state index contributed by atoms with van der Waals surface area (Å²) in [6.45, 7) is 4.44. The molecule has 7 nitrogen and oxygen atoms in total. The van der Waals surface area contributed by atoms with Crippen molar-refractivity contribution >= 4 is 17.7 Å². The Kier molecular flexibility index (Phi) is 5.76. The summed E-state index contributed by atoms with van der Waals surface area (Å²) < 4.78 is 5.30. The summed E-state index contributed by atoms with van der Waals surface area (Å²) in [7, 11) is 1.58. The van der Waals surface area contributed by atoms with Crippen molar-refractivity contribution in [1.29, 1.82) is 0 Å². The van der Waals surface area contributed by atoms with Gasteiger partial charge in [-0.3, -0.25) is 14.4 Å². The summed E-state index contributed by atoms with van der Waals surface area (Å²) in [4.78, 5) is 39.8. The van der Waals surface area contributed by atoms with E-state index < -0.39 is 0 Å². The van der Waals surface area contributed by atoms with E-state index in [1.165, 1.54) is 6.92 Å². The average Bonchev–Trinajstić information content (AvgIpc) is 2.77. The van der Waals surface area contributed by atoms with Crippen molar-refractivity contribution in [1.82, 2.24) is 15.1 Å². The summed E-state index contributed by atoms with van der Waals surface area (Å²) in [6.07, 6.45) is 1.47. The highest BCUT2D eigenvalue weighted by Crippen LogP contribution is 2.20. The molecule has 3 amide bonds. The lowest BCUT2D eigenvalue weighted by Crippen LogP contribution is -2.44. The number of hydrogen-bond acceptors (Lipinski definition) is 4. The minimum Gasteiger partial charge on any atom is -0.381 e. The van der Waals surface area contributed by atoms with Crippen LogP contribution < -0.4 is 5.32 Å². The molecule has 0 aromatic carbocycles. The largest absolute Gasteiger partial charge is 0.381 e. The fraction of sp³-hybridized carbons (Fsp3) is 0.800. The Labute approximate surface area is 131 Å². The highest BCUT2D eigenvalue weighted by molar-refractivity contribution is 5.83. The maximum atomic E-state index is 12.7. The number of ether oxygens (including phenoxy) is 1. The molecule has 0 aromatic heterocycles. The predicted molar refractivity (Wildman–Crippen MR) is 79.9 cm³/mol. The smallest absolute Gasteiger partial charge is 0.226 e. The van der Waals surface area contributed by atoms with Gasteiger partial charge in [0.15, 0.2) is 0 Å². The van der Waals surface area contributed by atoms with Gasteiger partial charge >= 0.3 is 0 Å². The molecule has 2 heterocycles. The lowest BCUT2D eigenvalue weighted by molar-refractivity contribution is -0.139. The van der Waals surface area contributed by atoms with E-state index in [9.17, 15) is 14.4 Å². The van der Waals surface area contributed by atoms with Crippen LogP contribution in [0, 0.1) is 11.8 Å². The van der Waals surface area contributed by atoms with Gasteiger partial charge in [-0.25, -0.2) is 0 Å². The molecule has 0 aromatic rings. The van der Waals surface area contributed by atoms with Crippen LogP contribution >= 0.6 is 0 Å². The molecule has 22 heavy (non-hydrogen) atoms. The summed E-state index contributed by atoms with van der Waals surface area (Å²) in [5.41, 5.74) is 0. The zero-order valence-electron chi connectivity index (χ0n) is 13.3. The van der Waals surface area contributed by atoms with Gasteiger partial charge in [0.25, 0.3) is 0 Å². The summed E-state index contributed by atoms with van der Waals surface area (Å²) >= 11 is 0. The fourth-order valence-corrected chi connectivity index (χ4v) is 3.07. The van der Waals surface area contributed by atoms with Crippen LogP contribution in [0.15, 0.2) is 0 Å². The second-order valence-electron chi connectivity index (χ2n) is 5.95. The van der Waals surface area contributed by atoms with Crippen molar-refractivity contribution in [3.05, 3.63) is 0 Å². The van der Waals surface area contributed by atoms with E-state index in [1.54, 1.807) is 16.8 Å². The molecule has 2 rings (SSSR count). The SMILES string of the molecule is CNC(=O)[C@@H]1CN(C(C)=O)CCN(C(=O)C2CCOCC2)C1. The van der Waals surface area contributed by atoms with Crippen LogP contribution in [0.1, 0.15) is 19.8 Å². The molecule has 0 aliphatic carbocycles. The first-order chi connectivity index (χ1) is 10.5. The average molecular weight is 311 g/mol. The Bertz CT molecular complexity index is 435. The van der Waals surface area contributed by atoms with Gasteiger partial charge < -0.3 is 19.9 Å². The summed E-state index contributed by atoms with van der Waals surface area (Å²) in [5.74, 6) is -0.502. The third-order valence-electron chi connectivity index (χ3n) is 4.47. The molecule has 0 spiro atoms. The van der Waals surface area contributed by atoms with Gasteiger partial charge in [-0.2, -0.15) is 0 Å². The molecule has 1 N–H and O–H groups in total. The monoisotopic (exact) mass is 311 g/mol. The zero-order valence-corrected chi connectivity index (χ0v) is 13.3. The molecular formula is C15H25N3O4. The van der Waals surface area contributed by atoms with E-state index in [2.05, 4.69) is 5.32 Å². The number of rotatable bonds is 2. The van der Waals surface area contributed by atoms with E-state index in [1.807, 2.05) is 0 Å². The minimum atomic E-state index is -0.375. The Balaban J connectivity index is 2.08. The highest BCUT2D eigenvalue weighted by atomic mass is 16.5. The lowest BCUT2D eigenvalue weighted by Gasteiger charge is -2.29. The van der Waals surface area contributed by atoms with Crippen molar-refractivity contribution in [3.63, 3.8) is 0 Å². The van der Waals surface area contributed by atoms with E-state index in [4.69, 9.17) is 4.74 Å². The maximum Gasteiger partial charge on any atom is 0.226 e. The number of nitrogens with zero attached hydrogens (tertiary/aromatic N) is 2. The normalized spacial score (nSPS) is 23.8. The molecule has 0 bridgehead atoms. The van der Waals surface area contributed by atoms with Gasteiger partial charge in [0.2, 0.25) is 17.7 Å². The van der Waals surface area contributed by atoms with Gasteiger partial charge in [0, 0.05) is 59.3 Å². The maximum absolute atomic E-state index is 12.7. The molecule has 0 saturated carbocycles. The standard InChI is InChI=1S/C15H25N3O4/c1-11(19)17-5-6-18(10-13(9-17)14(20)16-2)15(21)12-3-7-22-8-4-12/h12-13H,3-10H2,1-2H3,(H,16,20)/t13-/m1/s1. The predicted octanol–water partition coefficient (Wildman–Crippen LogP) is -0.534. The van der Waals surface area contributed by atoms with Crippen LogP contribution in [0.2, 0.25) is 0 Å². The van der Waals surface area contributed by atoms with Crippen molar-refractivity contribution in [2.24, 2.45) is 11.8 Å². The van der Waals surface area contributed by atoms with E-state index in [-0.39, 0.29) is 29.6 Å². The number of carbonyl (C=O) groups is 3. The minimum absolute atomic E-state index is 0.0250. The molecule has 2 saturated heterocycles. The molecule has 7 heteroatoms. The summed E-state index contributed by atoms with van der Waals surface area (Å²) in [6, 6.07) is 0. The second-order valence-corrected chi connectivity index (χ2v) is 5.95. The number of hydrogen-bond donors (Lipinski definition) is 1. The van der Waals surface area contributed by atoms with E-state index >= 15 is 0 Å². The first kappa shape index (κ1) is 16.7. The number of nitrogens with one attached hydrogen (secondary N) is 1. The first-order valence-electron chi connectivity index (χ1n) is 7.86. The number of carbonyl (C=O) groups excluding carboxylic acids is 3. The topological polar surface area (TPSA) is 79.0 Å². The van der Waals surface area contributed by atoms with Gasteiger partial charge in [-0.05, 0) is 12.8 Å². The Morgan fingerprint density at radius 3 is 2.18 bits per heavy atom. The van der Waals surface area contributed by atoms with Gasteiger partial charge in [-0.1, -0.05) is 0 Å². The molecule has 0 radical (unpaired) electrons.